The summed E-state index contributed by atoms with van der Waals surface area (Å²) in [5.74, 6) is 0. The van der Waals surface area contributed by atoms with Gasteiger partial charge in [0.2, 0.25) is 0 Å². The summed E-state index contributed by atoms with van der Waals surface area (Å²) in [7, 11) is 0.661. The van der Waals surface area contributed by atoms with E-state index in [-0.39, 0.29) is 0 Å². The molecule has 0 saturated heterocycles. The Balaban J connectivity index is 3.50. The Kier molecular flexibility index (Phi) is 3.76. The van der Waals surface area contributed by atoms with Gasteiger partial charge in [0, 0.05) is 10.7 Å². The number of aromatic nitrogens is 1. The minimum atomic E-state index is -4.27. The van der Waals surface area contributed by atoms with E-state index in [9.17, 15) is 17.2 Å². The maximum absolute atomic E-state index is 12.3. The molecule has 15 heavy (non-hydrogen) atoms. The van der Waals surface area contributed by atoms with Crippen LogP contribution in [0.4, 0.5) is 8.78 Å². The number of alkyl halides is 2. The highest BCUT2D eigenvalue weighted by Crippen LogP contribution is 2.32. The minimum absolute atomic E-state index is 0.403. The second-order valence-corrected chi connectivity index (χ2v) is 5.68. The van der Waals surface area contributed by atoms with Crippen LogP contribution in [0.5, 0.6) is 0 Å². The molecule has 1 aromatic rings. The van der Waals surface area contributed by atoms with E-state index in [4.69, 9.17) is 33.9 Å². The standard InChI is InChI=1S/C6H2Cl3F2NO2S/c7-2-1-3(8)6(15(9,13)14)12-4(2)5(10)11/h1,5H. The summed E-state index contributed by atoms with van der Waals surface area (Å²) in [6.45, 7) is 0. The van der Waals surface area contributed by atoms with Gasteiger partial charge in [-0.3, -0.25) is 0 Å². The third-order valence-electron chi connectivity index (χ3n) is 1.36. The van der Waals surface area contributed by atoms with Crippen LogP contribution in [-0.2, 0) is 9.05 Å². The van der Waals surface area contributed by atoms with E-state index in [0.717, 1.165) is 6.07 Å². The molecular weight excluding hydrogens is 294 g/mol. The Morgan fingerprint density at radius 1 is 1.27 bits per heavy atom. The molecule has 0 atom stereocenters. The molecule has 3 nitrogen and oxygen atoms in total. The first-order valence-electron chi connectivity index (χ1n) is 3.32. The molecule has 0 saturated carbocycles. The molecule has 0 amide bonds. The van der Waals surface area contributed by atoms with Crippen molar-refractivity contribution >= 4 is 42.9 Å². The number of halogens is 5. The lowest BCUT2D eigenvalue weighted by atomic mass is 10.3. The smallest absolute Gasteiger partial charge is 0.231 e. The molecule has 1 aromatic heterocycles. The summed E-state index contributed by atoms with van der Waals surface area (Å²) >= 11 is 10.8. The zero-order valence-electron chi connectivity index (χ0n) is 6.72. The number of nitrogens with zero attached hydrogens (tertiary/aromatic N) is 1. The summed E-state index contributed by atoms with van der Waals surface area (Å²) in [6.07, 6.45) is -3.01. The molecule has 0 fully saturated rings. The van der Waals surface area contributed by atoms with Gasteiger partial charge in [0.05, 0.1) is 10.0 Å². The van der Waals surface area contributed by atoms with Gasteiger partial charge in [0.25, 0.3) is 15.5 Å². The lowest BCUT2D eigenvalue weighted by Gasteiger charge is -2.05. The molecule has 0 N–H and O–H groups in total. The quantitative estimate of drug-likeness (QED) is 0.787. The Bertz CT molecular complexity index is 491. The predicted octanol–water partition coefficient (Wildman–Crippen LogP) is 3.25. The van der Waals surface area contributed by atoms with Crippen LogP contribution in [-0.4, -0.2) is 13.4 Å². The highest BCUT2D eigenvalue weighted by molar-refractivity contribution is 8.13. The monoisotopic (exact) mass is 295 g/mol. The molecule has 84 valence electrons. The van der Waals surface area contributed by atoms with Crippen molar-refractivity contribution in [1.29, 1.82) is 0 Å². The van der Waals surface area contributed by atoms with Crippen LogP contribution in [0, 0.1) is 0 Å². The van der Waals surface area contributed by atoms with Crippen molar-refractivity contribution < 1.29 is 17.2 Å². The molecule has 9 heteroatoms. The highest BCUT2D eigenvalue weighted by Gasteiger charge is 2.23. The van der Waals surface area contributed by atoms with E-state index in [0.29, 0.717) is 0 Å². The van der Waals surface area contributed by atoms with Crippen LogP contribution >= 0.6 is 33.9 Å². The lowest BCUT2D eigenvalue weighted by molar-refractivity contribution is 0.145. The van der Waals surface area contributed by atoms with Crippen molar-refractivity contribution in [3.8, 4) is 0 Å². The van der Waals surface area contributed by atoms with Crippen LogP contribution in [0.25, 0.3) is 0 Å². The molecule has 0 aliphatic rings. The van der Waals surface area contributed by atoms with Gasteiger partial charge in [-0.15, -0.1) is 0 Å². The van der Waals surface area contributed by atoms with Crippen molar-refractivity contribution in [2.75, 3.05) is 0 Å². The molecule has 0 spiro atoms. The van der Waals surface area contributed by atoms with Crippen molar-refractivity contribution in [1.82, 2.24) is 4.98 Å². The maximum atomic E-state index is 12.3. The lowest BCUT2D eigenvalue weighted by Crippen LogP contribution is -2.01. The Hall–Kier alpha value is -0.170. The molecule has 0 bridgehead atoms. The fourth-order valence-corrected chi connectivity index (χ4v) is 2.50. The third kappa shape index (κ3) is 2.90. The first-order valence-corrected chi connectivity index (χ1v) is 6.38. The van der Waals surface area contributed by atoms with Crippen molar-refractivity contribution in [2.45, 2.75) is 11.5 Å². The van der Waals surface area contributed by atoms with Crippen LogP contribution in [0.1, 0.15) is 12.1 Å². The van der Waals surface area contributed by atoms with E-state index < -0.39 is 36.2 Å². The number of hydrogen-bond acceptors (Lipinski definition) is 3. The van der Waals surface area contributed by atoms with Gasteiger partial charge in [0.15, 0.2) is 5.03 Å². The topological polar surface area (TPSA) is 47.0 Å². The van der Waals surface area contributed by atoms with E-state index in [1.54, 1.807) is 0 Å². The van der Waals surface area contributed by atoms with Gasteiger partial charge < -0.3 is 0 Å². The summed E-state index contributed by atoms with van der Waals surface area (Å²) in [5, 5.41) is -1.65. The summed E-state index contributed by atoms with van der Waals surface area (Å²) in [5.41, 5.74) is -0.875. The van der Waals surface area contributed by atoms with Crippen molar-refractivity contribution in [3.05, 3.63) is 21.8 Å². The Labute approximate surface area is 98.4 Å². The van der Waals surface area contributed by atoms with Crippen LogP contribution in [0.3, 0.4) is 0 Å². The first-order chi connectivity index (χ1) is 6.73. The number of pyridine rings is 1. The minimum Gasteiger partial charge on any atom is -0.231 e. The Morgan fingerprint density at radius 2 is 1.80 bits per heavy atom. The molecular formula is C6H2Cl3F2NO2S. The van der Waals surface area contributed by atoms with E-state index >= 15 is 0 Å². The van der Waals surface area contributed by atoms with E-state index in [2.05, 4.69) is 4.98 Å². The summed E-state index contributed by atoms with van der Waals surface area (Å²) in [6, 6.07) is 0.854. The van der Waals surface area contributed by atoms with Gasteiger partial charge in [-0.25, -0.2) is 22.2 Å². The molecule has 0 aromatic carbocycles. The van der Waals surface area contributed by atoms with Crippen LogP contribution < -0.4 is 0 Å². The summed E-state index contributed by atoms with van der Waals surface area (Å²) in [4.78, 5) is 3.11. The molecule has 1 rings (SSSR count). The van der Waals surface area contributed by atoms with Crippen molar-refractivity contribution in [2.24, 2.45) is 0 Å². The molecule has 0 aliphatic carbocycles. The second kappa shape index (κ2) is 4.37. The second-order valence-electron chi connectivity index (χ2n) is 2.38. The van der Waals surface area contributed by atoms with Gasteiger partial charge in [-0.1, -0.05) is 23.2 Å². The van der Waals surface area contributed by atoms with Crippen LogP contribution in [0.2, 0.25) is 10.0 Å². The third-order valence-corrected chi connectivity index (χ3v) is 3.28. The van der Waals surface area contributed by atoms with Crippen molar-refractivity contribution in [3.63, 3.8) is 0 Å². The molecule has 0 aliphatic heterocycles. The van der Waals surface area contributed by atoms with Crippen LogP contribution in [0.15, 0.2) is 11.1 Å². The number of rotatable bonds is 2. The summed E-state index contributed by atoms with van der Waals surface area (Å²) < 4.78 is 46.3. The normalized spacial score (nSPS) is 12.1. The average molecular weight is 297 g/mol. The predicted molar refractivity (Wildman–Crippen MR) is 52.3 cm³/mol. The zero-order valence-corrected chi connectivity index (χ0v) is 9.80. The average Bonchev–Trinajstić information content (AvgIpc) is 2.00. The first kappa shape index (κ1) is 12.9. The van der Waals surface area contributed by atoms with Gasteiger partial charge in [-0.2, -0.15) is 0 Å². The van der Waals surface area contributed by atoms with Gasteiger partial charge in [-0.05, 0) is 6.07 Å². The van der Waals surface area contributed by atoms with E-state index in [1.807, 2.05) is 0 Å². The van der Waals surface area contributed by atoms with E-state index in [1.165, 1.54) is 0 Å². The van der Waals surface area contributed by atoms with Gasteiger partial charge in [0.1, 0.15) is 5.69 Å². The fourth-order valence-electron chi connectivity index (χ4n) is 0.787. The number of hydrogen-bond donors (Lipinski definition) is 0. The molecule has 1 heterocycles. The SMILES string of the molecule is O=S(=O)(Cl)c1nc(C(F)F)c(Cl)cc1Cl. The molecule has 0 radical (unpaired) electrons. The fraction of sp³-hybridized carbons (Fsp3) is 0.167. The molecule has 0 unspecified atom stereocenters. The highest BCUT2D eigenvalue weighted by atomic mass is 35.7. The largest absolute Gasteiger partial charge is 0.281 e. The Morgan fingerprint density at radius 3 is 2.20 bits per heavy atom. The van der Waals surface area contributed by atoms with Gasteiger partial charge >= 0.3 is 0 Å². The maximum Gasteiger partial charge on any atom is 0.281 e. The zero-order chi connectivity index (χ0) is 11.8.